The molecule has 0 aromatic rings. The van der Waals surface area contributed by atoms with Gasteiger partial charge in [-0.1, -0.05) is 13.8 Å². The maximum absolute atomic E-state index is 11.6. The van der Waals surface area contributed by atoms with Crippen molar-refractivity contribution in [1.82, 2.24) is 9.62 Å². The van der Waals surface area contributed by atoms with Crippen LogP contribution in [0, 0.1) is 5.92 Å². The Labute approximate surface area is 112 Å². The molecule has 2 atom stereocenters. The summed E-state index contributed by atoms with van der Waals surface area (Å²) in [5.74, 6) is 0.516. The second kappa shape index (κ2) is 7.46. The molecule has 0 aliphatic carbocycles. The summed E-state index contributed by atoms with van der Waals surface area (Å²) < 4.78 is 24.8. The van der Waals surface area contributed by atoms with Gasteiger partial charge in [-0.05, 0) is 44.6 Å². The average Bonchev–Trinajstić information content (AvgIpc) is 2.33. The number of rotatable bonds is 7. The van der Waals surface area contributed by atoms with Crippen LogP contribution in [-0.2, 0) is 10.0 Å². The zero-order valence-corrected chi connectivity index (χ0v) is 12.8. The van der Waals surface area contributed by atoms with Crippen LogP contribution >= 0.6 is 0 Å². The molecule has 1 rings (SSSR count). The molecule has 0 aromatic carbocycles. The Hall–Kier alpha value is -0.130. The van der Waals surface area contributed by atoms with Crippen molar-refractivity contribution in [2.75, 3.05) is 25.9 Å². The SMILES string of the molecule is CCCNC(CC)CC1CCCN(S(C)(=O)=O)C1. The Morgan fingerprint density at radius 3 is 2.67 bits per heavy atom. The van der Waals surface area contributed by atoms with Gasteiger partial charge in [0.2, 0.25) is 10.0 Å². The van der Waals surface area contributed by atoms with Crippen LogP contribution in [0.25, 0.3) is 0 Å². The molecule has 5 heteroatoms. The number of hydrogen-bond donors (Lipinski definition) is 1. The van der Waals surface area contributed by atoms with Gasteiger partial charge in [-0.2, -0.15) is 0 Å². The molecule has 0 aromatic heterocycles. The minimum absolute atomic E-state index is 0.516. The molecule has 1 fully saturated rings. The summed E-state index contributed by atoms with van der Waals surface area (Å²) in [4.78, 5) is 0. The Morgan fingerprint density at radius 2 is 2.11 bits per heavy atom. The van der Waals surface area contributed by atoms with E-state index in [0.717, 1.165) is 38.6 Å². The molecular formula is C13H28N2O2S. The van der Waals surface area contributed by atoms with Gasteiger partial charge < -0.3 is 5.32 Å². The standard InChI is InChI=1S/C13H28N2O2S/c1-4-8-14-13(5-2)10-12-7-6-9-15(11-12)18(3,16)17/h12-14H,4-11H2,1-3H3. The molecule has 0 bridgehead atoms. The van der Waals surface area contributed by atoms with Gasteiger partial charge in [0.25, 0.3) is 0 Å². The second-order valence-corrected chi connectivity index (χ2v) is 7.41. The van der Waals surface area contributed by atoms with E-state index in [1.54, 1.807) is 4.31 Å². The summed E-state index contributed by atoms with van der Waals surface area (Å²) in [5, 5.41) is 3.55. The number of piperidine rings is 1. The van der Waals surface area contributed by atoms with E-state index in [2.05, 4.69) is 19.2 Å². The van der Waals surface area contributed by atoms with Crippen molar-refractivity contribution in [3.63, 3.8) is 0 Å². The minimum Gasteiger partial charge on any atom is -0.314 e. The van der Waals surface area contributed by atoms with E-state index < -0.39 is 10.0 Å². The predicted octanol–water partition coefficient (Wildman–Crippen LogP) is 1.83. The van der Waals surface area contributed by atoms with Crippen LogP contribution < -0.4 is 5.32 Å². The molecule has 1 N–H and O–H groups in total. The fourth-order valence-corrected chi connectivity index (χ4v) is 3.61. The Kier molecular flexibility index (Phi) is 6.60. The van der Waals surface area contributed by atoms with Crippen LogP contribution in [0.5, 0.6) is 0 Å². The normalized spacial score (nSPS) is 24.1. The van der Waals surface area contributed by atoms with Crippen molar-refractivity contribution in [3.05, 3.63) is 0 Å². The lowest BCUT2D eigenvalue weighted by atomic mass is 9.91. The minimum atomic E-state index is -3.01. The van der Waals surface area contributed by atoms with Gasteiger partial charge in [0.05, 0.1) is 6.26 Å². The average molecular weight is 276 g/mol. The summed E-state index contributed by atoms with van der Waals surface area (Å²) in [6, 6.07) is 0.537. The fraction of sp³-hybridized carbons (Fsp3) is 1.00. The van der Waals surface area contributed by atoms with E-state index in [4.69, 9.17) is 0 Å². The smallest absolute Gasteiger partial charge is 0.211 e. The first kappa shape index (κ1) is 15.9. The zero-order chi connectivity index (χ0) is 13.6. The Morgan fingerprint density at radius 1 is 1.39 bits per heavy atom. The molecule has 1 heterocycles. The number of hydrogen-bond acceptors (Lipinski definition) is 3. The van der Waals surface area contributed by atoms with E-state index in [9.17, 15) is 8.42 Å². The maximum Gasteiger partial charge on any atom is 0.211 e. The number of sulfonamides is 1. The summed E-state index contributed by atoms with van der Waals surface area (Å²) in [7, 11) is -3.01. The first-order valence-corrected chi connectivity index (χ1v) is 9.00. The van der Waals surface area contributed by atoms with Crippen molar-refractivity contribution in [3.8, 4) is 0 Å². The first-order valence-electron chi connectivity index (χ1n) is 7.15. The molecule has 4 nitrogen and oxygen atoms in total. The summed E-state index contributed by atoms with van der Waals surface area (Å²) in [5.41, 5.74) is 0. The predicted molar refractivity (Wildman–Crippen MR) is 76.1 cm³/mol. The van der Waals surface area contributed by atoms with Crippen molar-refractivity contribution in [2.45, 2.75) is 52.0 Å². The topological polar surface area (TPSA) is 49.4 Å². The van der Waals surface area contributed by atoms with Gasteiger partial charge in [0.1, 0.15) is 0 Å². The lowest BCUT2D eigenvalue weighted by molar-refractivity contribution is 0.236. The van der Waals surface area contributed by atoms with E-state index >= 15 is 0 Å². The first-order chi connectivity index (χ1) is 8.47. The summed E-state index contributed by atoms with van der Waals surface area (Å²) in [6.07, 6.45) is 6.86. The molecule has 108 valence electrons. The Bertz CT molecular complexity index is 330. The molecule has 0 radical (unpaired) electrons. The number of nitrogens with one attached hydrogen (secondary N) is 1. The highest BCUT2D eigenvalue weighted by Gasteiger charge is 2.27. The highest BCUT2D eigenvalue weighted by atomic mass is 32.2. The van der Waals surface area contributed by atoms with E-state index in [-0.39, 0.29) is 0 Å². The van der Waals surface area contributed by atoms with Crippen molar-refractivity contribution < 1.29 is 8.42 Å². The van der Waals surface area contributed by atoms with Gasteiger partial charge in [-0.25, -0.2) is 12.7 Å². The number of nitrogens with zero attached hydrogens (tertiary/aromatic N) is 1. The molecule has 1 aliphatic heterocycles. The van der Waals surface area contributed by atoms with E-state index in [1.165, 1.54) is 6.26 Å². The zero-order valence-electron chi connectivity index (χ0n) is 12.0. The lowest BCUT2D eigenvalue weighted by Gasteiger charge is -2.33. The molecular weight excluding hydrogens is 248 g/mol. The van der Waals surface area contributed by atoms with Gasteiger partial charge in [0, 0.05) is 19.1 Å². The van der Waals surface area contributed by atoms with Crippen LogP contribution in [-0.4, -0.2) is 44.7 Å². The maximum atomic E-state index is 11.6. The van der Waals surface area contributed by atoms with E-state index in [1.807, 2.05) is 0 Å². The molecule has 0 amide bonds. The van der Waals surface area contributed by atoms with Crippen molar-refractivity contribution >= 4 is 10.0 Å². The molecule has 1 saturated heterocycles. The van der Waals surface area contributed by atoms with Crippen molar-refractivity contribution in [1.29, 1.82) is 0 Å². The van der Waals surface area contributed by atoms with E-state index in [0.29, 0.717) is 25.0 Å². The second-order valence-electron chi connectivity index (χ2n) is 5.42. The third kappa shape index (κ3) is 5.24. The van der Waals surface area contributed by atoms with Crippen LogP contribution in [0.1, 0.15) is 46.0 Å². The van der Waals surface area contributed by atoms with Crippen LogP contribution in [0.15, 0.2) is 0 Å². The van der Waals surface area contributed by atoms with Crippen LogP contribution in [0.4, 0.5) is 0 Å². The summed E-state index contributed by atoms with van der Waals surface area (Å²) >= 11 is 0. The van der Waals surface area contributed by atoms with Crippen LogP contribution in [0.3, 0.4) is 0 Å². The summed E-state index contributed by atoms with van der Waals surface area (Å²) in [6.45, 7) is 6.84. The van der Waals surface area contributed by atoms with Gasteiger partial charge in [0.15, 0.2) is 0 Å². The molecule has 1 aliphatic rings. The molecule has 2 unspecified atom stereocenters. The largest absolute Gasteiger partial charge is 0.314 e. The third-order valence-electron chi connectivity index (χ3n) is 3.74. The molecule has 0 spiro atoms. The van der Waals surface area contributed by atoms with Crippen molar-refractivity contribution in [2.24, 2.45) is 5.92 Å². The third-order valence-corrected chi connectivity index (χ3v) is 5.01. The highest BCUT2D eigenvalue weighted by Crippen LogP contribution is 2.23. The lowest BCUT2D eigenvalue weighted by Crippen LogP contribution is -2.41. The molecule has 0 saturated carbocycles. The van der Waals surface area contributed by atoms with Gasteiger partial charge in [-0.15, -0.1) is 0 Å². The quantitative estimate of drug-likeness (QED) is 0.772. The monoisotopic (exact) mass is 276 g/mol. The van der Waals surface area contributed by atoms with Gasteiger partial charge in [-0.3, -0.25) is 0 Å². The molecule has 18 heavy (non-hydrogen) atoms. The highest BCUT2D eigenvalue weighted by molar-refractivity contribution is 7.88. The van der Waals surface area contributed by atoms with Crippen LogP contribution in [0.2, 0.25) is 0 Å². The van der Waals surface area contributed by atoms with Gasteiger partial charge >= 0.3 is 0 Å². The fourth-order valence-electron chi connectivity index (χ4n) is 2.67. The Balaban J connectivity index is 2.46.